The standard InChI is InChI=1S/C17H19N7O2/c1-8(2)24-14-12(15(25)21-17(20-14)23(3)4)13(22-24)9-5-6-11-10(7-9)19-16(18)26-11/h5-8H,1-4H3,(H2,18,19)(H,20,21,25). The average Bonchev–Trinajstić information content (AvgIpc) is 3.13. The van der Waals surface area contributed by atoms with Crippen molar-refractivity contribution in [3.63, 3.8) is 0 Å². The minimum absolute atomic E-state index is 0.0435. The predicted molar refractivity (Wildman–Crippen MR) is 100 cm³/mol. The van der Waals surface area contributed by atoms with Crippen LogP contribution in [0.25, 0.3) is 33.4 Å². The van der Waals surface area contributed by atoms with Crippen LogP contribution in [0, 0.1) is 0 Å². The number of oxazole rings is 1. The number of H-pyrrole nitrogens is 1. The highest BCUT2D eigenvalue weighted by Crippen LogP contribution is 2.30. The Balaban J connectivity index is 2.03. The molecule has 0 fully saturated rings. The number of anilines is 2. The summed E-state index contributed by atoms with van der Waals surface area (Å²) in [6, 6.07) is 5.55. The first-order valence-electron chi connectivity index (χ1n) is 8.21. The third-order valence-corrected chi connectivity index (χ3v) is 4.14. The number of nitrogen functional groups attached to an aromatic ring is 1. The molecule has 0 unspecified atom stereocenters. The molecule has 4 rings (SSSR count). The summed E-state index contributed by atoms with van der Waals surface area (Å²) < 4.78 is 7.07. The molecule has 0 atom stereocenters. The smallest absolute Gasteiger partial charge is 0.292 e. The molecule has 0 aliphatic heterocycles. The van der Waals surface area contributed by atoms with Crippen LogP contribution in [0.1, 0.15) is 19.9 Å². The first kappa shape index (κ1) is 16.1. The maximum atomic E-state index is 12.8. The van der Waals surface area contributed by atoms with Gasteiger partial charge in [0.15, 0.2) is 11.2 Å². The minimum Gasteiger partial charge on any atom is -0.424 e. The van der Waals surface area contributed by atoms with E-state index in [1.54, 1.807) is 21.7 Å². The first-order chi connectivity index (χ1) is 12.3. The second-order valence-corrected chi connectivity index (χ2v) is 6.60. The molecule has 3 N–H and O–H groups in total. The lowest BCUT2D eigenvalue weighted by Crippen LogP contribution is -2.19. The van der Waals surface area contributed by atoms with Gasteiger partial charge in [-0.2, -0.15) is 15.1 Å². The summed E-state index contributed by atoms with van der Waals surface area (Å²) in [5.74, 6) is 0.482. The number of aromatic amines is 1. The van der Waals surface area contributed by atoms with Crippen LogP contribution in [-0.2, 0) is 0 Å². The van der Waals surface area contributed by atoms with E-state index < -0.39 is 0 Å². The molecule has 0 aliphatic carbocycles. The SMILES string of the molecule is CC(C)n1nc(-c2ccc3oc(N)nc3c2)c2c(=O)[nH]c(N(C)C)nc21. The van der Waals surface area contributed by atoms with Crippen molar-refractivity contribution in [3.8, 4) is 11.3 Å². The number of fused-ring (bicyclic) bond motifs is 2. The molecule has 4 aromatic rings. The van der Waals surface area contributed by atoms with Gasteiger partial charge in [-0.05, 0) is 32.0 Å². The van der Waals surface area contributed by atoms with E-state index in [4.69, 9.17) is 10.2 Å². The Labute approximate surface area is 148 Å². The van der Waals surface area contributed by atoms with E-state index in [9.17, 15) is 4.79 Å². The minimum atomic E-state index is -0.236. The van der Waals surface area contributed by atoms with Crippen molar-refractivity contribution in [2.45, 2.75) is 19.9 Å². The van der Waals surface area contributed by atoms with E-state index in [-0.39, 0.29) is 17.6 Å². The lowest BCUT2D eigenvalue weighted by Gasteiger charge is -2.11. The van der Waals surface area contributed by atoms with Crippen LogP contribution in [0.2, 0.25) is 0 Å². The van der Waals surface area contributed by atoms with Gasteiger partial charge in [0.05, 0.1) is 0 Å². The number of nitrogens with two attached hydrogens (primary N) is 1. The monoisotopic (exact) mass is 353 g/mol. The van der Waals surface area contributed by atoms with Crippen molar-refractivity contribution in [2.24, 2.45) is 0 Å². The zero-order chi connectivity index (χ0) is 18.6. The summed E-state index contributed by atoms with van der Waals surface area (Å²) >= 11 is 0. The molecule has 9 nitrogen and oxygen atoms in total. The van der Waals surface area contributed by atoms with Gasteiger partial charge >= 0.3 is 0 Å². The van der Waals surface area contributed by atoms with E-state index in [1.165, 1.54) is 0 Å². The van der Waals surface area contributed by atoms with Crippen molar-refractivity contribution in [2.75, 3.05) is 24.7 Å². The zero-order valence-corrected chi connectivity index (χ0v) is 14.9. The predicted octanol–water partition coefficient (Wildman–Crippen LogP) is 2.16. The molecular weight excluding hydrogens is 334 g/mol. The fourth-order valence-electron chi connectivity index (χ4n) is 2.90. The van der Waals surface area contributed by atoms with Gasteiger partial charge in [-0.25, -0.2) is 4.68 Å². The molecule has 9 heteroatoms. The van der Waals surface area contributed by atoms with Crippen molar-refractivity contribution in [3.05, 3.63) is 28.6 Å². The van der Waals surface area contributed by atoms with Gasteiger partial charge in [-0.1, -0.05) is 0 Å². The summed E-state index contributed by atoms with van der Waals surface area (Å²) in [6.45, 7) is 3.99. The van der Waals surface area contributed by atoms with E-state index >= 15 is 0 Å². The van der Waals surface area contributed by atoms with Crippen molar-refractivity contribution in [1.82, 2.24) is 24.7 Å². The highest BCUT2D eigenvalue weighted by molar-refractivity contribution is 5.93. The Kier molecular flexibility index (Phi) is 3.46. The summed E-state index contributed by atoms with van der Waals surface area (Å²) in [5.41, 5.74) is 8.42. The Morgan fingerprint density at radius 2 is 2.04 bits per heavy atom. The third kappa shape index (κ3) is 2.40. The van der Waals surface area contributed by atoms with Gasteiger partial charge in [-0.3, -0.25) is 9.78 Å². The molecule has 0 amide bonds. The van der Waals surface area contributed by atoms with Gasteiger partial charge in [0, 0.05) is 25.7 Å². The van der Waals surface area contributed by atoms with Crippen molar-refractivity contribution in [1.29, 1.82) is 0 Å². The molecule has 0 aliphatic rings. The number of nitrogens with zero attached hydrogens (tertiary/aromatic N) is 5. The van der Waals surface area contributed by atoms with E-state index in [2.05, 4.69) is 20.1 Å². The number of benzene rings is 1. The van der Waals surface area contributed by atoms with Crippen LogP contribution < -0.4 is 16.2 Å². The zero-order valence-electron chi connectivity index (χ0n) is 14.9. The van der Waals surface area contributed by atoms with Crippen LogP contribution in [0.5, 0.6) is 0 Å². The number of hydrogen-bond acceptors (Lipinski definition) is 7. The molecule has 26 heavy (non-hydrogen) atoms. The maximum Gasteiger partial charge on any atom is 0.292 e. The summed E-state index contributed by atoms with van der Waals surface area (Å²) in [6.07, 6.45) is 0. The summed E-state index contributed by atoms with van der Waals surface area (Å²) in [5, 5.41) is 5.10. The van der Waals surface area contributed by atoms with Gasteiger partial charge in [0.25, 0.3) is 11.6 Å². The fraction of sp³-hybridized carbons (Fsp3) is 0.294. The van der Waals surface area contributed by atoms with Crippen molar-refractivity contribution >= 4 is 34.1 Å². The van der Waals surface area contributed by atoms with Crippen molar-refractivity contribution < 1.29 is 4.42 Å². The molecule has 1 aromatic carbocycles. The second kappa shape index (κ2) is 5.58. The molecule has 0 bridgehead atoms. The molecule has 3 heterocycles. The number of rotatable bonds is 3. The number of hydrogen-bond donors (Lipinski definition) is 2. The van der Waals surface area contributed by atoms with Crippen LogP contribution in [0.15, 0.2) is 27.4 Å². The molecule has 0 saturated carbocycles. The van der Waals surface area contributed by atoms with Gasteiger partial charge in [0.1, 0.15) is 16.6 Å². The van der Waals surface area contributed by atoms with E-state index in [1.807, 2.05) is 34.0 Å². The molecule has 0 saturated heterocycles. The van der Waals surface area contributed by atoms with Crippen LogP contribution in [0.4, 0.5) is 12.0 Å². The highest BCUT2D eigenvalue weighted by atomic mass is 16.4. The summed E-state index contributed by atoms with van der Waals surface area (Å²) in [7, 11) is 3.65. The average molecular weight is 353 g/mol. The normalized spacial score (nSPS) is 11.7. The Morgan fingerprint density at radius 3 is 2.73 bits per heavy atom. The molecular formula is C17H19N7O2. The second-order valence-electron chi connectivity index (χ2n) is 6.60. The lowest BCUT2D eigenvalue weighted by atomic mass is 10.1. The van der Waals surface area contributed by atoms with Gasteiger partial charge < -0.3 is 15.1 Å². The number of nitrogens with one attached hydrogen (secondary N) is 1. The highest BCUT2D eigenvalue weighted by Gasteiger charge is 2.20. The quantitative estimate of drug-likeness (QED) is 0.579. The summed E-state index contributed by atoms with van der Waals surface area (Å²) in [4.78, 5) is 26.1. The van der Waals surface area contributed by atoms with Gasteiger partial charge in [-0.15, -0.1) is 0 Å². The number of aromatic nitrogens is 5. The molecule has 3 aromatic heterocycles. The fourth-order valence-corrected chi connectivity index (χ4v) is 2.90. The Hall–Kier alpha value is -3.36. The van der Waals surface area contributed by atoms with Crippen LogP contribution >= 0.6 is 0 Å². The Morgan fingerprint density at radius 1 is 1.27 bits per heavy atom. The largest absolute Gasteiger partial charge is 0.424 e. The maximum absolute atomic E-state index is 12.8. The third-order valence-electron chi connectivity index (χ3n) is 4.14. The van der Waals surface area contributed by atoms with E-state index in [0.717, 1.165) is 5.56 Å². The Bertz CT molecular complexity index is 1180. The lowest BCUT2D eigenvalue weighted by molar-refractivity contribution is 0.548. The van der Waals surface area contributed by atoms with Crippen LogP contribution in [0.3, 0.4) is 0 Å². The molecule has 0 spiro atoms. The van der Waals surface area contributed by atoms with E-state index in [0.29, 0.717) is 33.8 Å². The van der Waals surface area contributed by atoms with Crippen LogP contribution in [-0.4, -0.2) is 38.8 Å². The molecule has 134 valence electrons. The first-order valence-corrected chi connectivity index (χ1v) is 8.21. The van der Waals surface area contributed by atoms with Gasteiger partial charge in [0.2, 0.25) is 5.95 Å². The topological polar surface area (TPSA) is 119 Å². The molecule has 0 radical (unpaired) electrons.